The van der Waals surface area contributed by atoms with E-state index in [-0.39, 0.29) is 56.3 Å². The van der Waals surface area contributed by atoms with E-state index in [4.69, 9.17) is 18.9 Å². The first kappa shape index (κ1) is 27.1. The number of carbonyl (C=O) groups excluding carboxylic acids is 4. The lowest BCUT2D eigenvalue weighted by Gasteiger charge is -2.29. The van der Waals surface area contributed by atoms with Crippen molar-refractivity contribution >= 4 is 55.7 Å². The van der Waals surface area contributed by atoms with Crippen molar-refractivity contribution in [2.45, 2.75) is 55.5 Å². The number of ether oxygens (including phenoxy) is 4. The largest absolute Gasteiger partial charge is 0.463 e. The van der Waals surface area contributed by atoms with Crippen molar-refractivity contribution in [2.75, 3.05) is 32.9 Å². The normalized spacial score (nSPS) is 26.0. The van der Waals surface area contributed by atoms with Gasteiger partial charge in [-0.15, -0.1) is 0 Å². The molecule has 2 bridgehead atoms. The number of likely N-dealkylation sites (tertiary alicyclic amines) is 1. The van der Waals surface area contributed by atoms with Crippen LogP contribution in [0.3, 0.4) is 0 Å². The van der Waals surface area contributed by atoms with Gasteiger partial charge in [0.15, 0.2) is 0 Å². The molecule has 2 saturated heterocycles. The molecule has 0 aromatic rings. The van der Waals surface area contributed by atoms with Crippen LogP contribution in [0.15, 0.2) is 12.2 Å². The Bertz CT molecular complexity index is 845. The van der Waals surface area contributed by atoms with Gasteiger partial charge in [0.2, 0.25) is 5.91 Å². The highest BCUT2D eigenvalue weighted by Gasteiger charge is 2.55. The lowest BCUT2D eigenvalue weighted by Crippen LogP contribution is -2.44. The summed E-state index contributed by atoms with van der Waals surface area (Å²) in [5.74, 6) is -1.87. The molecule has 4 atom stereocenters. The van der Waals surface area contributed by atoms with Crippen LogP contribution in [0, 0.1) is 17.3 Å². The molecule has 3 aliphatic rings. The number of amides is 1. The first-order valence-electron chi connectivity index (χ1n) is 11.2. The summed E-state index contributed by atoms with van der Waals surface area (Å²) in [5, 5.41) is 0. The van der Waals surface area contributed by atoms with E-state index < -0.39 is 32.0 Å². The molecule has 1 amide bonds. The maximum atomic E-state index is 13.0. The first-order chi connectivity index (χ1) is 15.6. The van der Waals surface area contributed by atoms with Crippen LogP contribution in [0.4, 0.5) is 0 Å². The number of carbonyl (C=O) groups is 4. The number of hydrogen-bond donors (Lipinski definition) is 0. The third kappa shape index (κ3) is 5.84. The van der Waals surface area contributed by atoms with Gasteiger partial charge < -0.3 is 23.8 Å². The summed E-state index contributed by atoms with van der Waals surface area (Å²) in [6.07, 6.45) is 3.74. The topological polar surface area (TPSA) is 108 Å². The van der Waals surface area contributed by atoms with Gasteiger partial charge in [0.05, 0.1) is 24.7 Å². The molecule has 34 heavy (non-hydrogen) atoms. The minimum Gasteiger partial charge on any atom is -0.463 e. The van der Waals surface area contributed by atoms with Crippen LogP contribution in [0.25, 0.3) is 0 Å². The maximum Gasteiger partial charge on any atom is 0.322 e. The van der Waals surface area contributed by atoms with Gasteiger partial charge in [0.1, 0.15) is 33.9 Å². The molecule has 0 spiro atoms. The summed E-state index contributed by atoms with van der Waals surface area (Å²) < 4.78 is 19.9. The van der Waals surface area contributed by atoms with E-state index in [1.165, 1.54) is 6.92 Å². The minimum absolute atomic E-state index is 0.00243. The minimum atomic E-state index is -1.43. The molecule has 3 rings (SSSR count). The van der Waals surface area contributed by atoms with Crippen LogP contribution in [0.1, 0.15) is 34.6 Å². The van der Waals surface area contributed by atoms with Crippen molar-refractivity contribution in [3.05, 3.63) is 12.2 Å². The van der Waals surface area contributed by atoms with Crippen LogP contribution in [0.5, 0.6) is 0 Å². The molecule has 0 aromatic carbocycles. The predicted octanol–water partition coefficient (Wildman–Crippen LogP) is 2.38. The average molecular weight is 609 g/mol. The number of rotatable bonds is 10. The quantitative estimate of drug-likeness (QED) is 0.161. The van der Waals surface area contributed by atoms with Gasteiger partial charge in [0, 0.05) is 12.5 Å². The number of esters is 3. The van der Waals surface area contributed by atoms with Gasteiger partial charge >= 0.3 is 17.9 Å². The van der Waals surface area contributed by atoms with Crippen molar-refractivity contribution in [3.63, 3.8) is 0 Å². The highest BCUT2D eigenvalue weighted by molar-refractivity contribution is 9.10. The summed E-state index contributed by atoms with van der Waals surface area (Å²) in [6, 6.07) is 0. The van der Waals surface area contributed by atoms with Crippen molar-refractivity contribution < 1.29 is 38.1 Å². The molecule has 3 heterocycles. The third-order valence-electron chi connectivity index (χ3n) is 6.17. The molecule has 9 nitrogen and oxygen atoms in total. The Balaban J connectivity index is 1.57. The first-order valence-corrected chi connectivity index (χ1v) is 12.7. The van der Waals surface area contributed by atoms with Gasteiger partial charge in [-0.2, -0.15) is 0 Å². The zero-order valence-electron chi connectivity index (χ0n) is 20.0. The highest BCUT2D eigenvalue weighted by Crippen LogP contribution is 2.44. The average Bonchev–Trinajstić information content (AvgIpc) is 3.42. The Hall–Kier alpha value is -1.46. The van der Waals surface area contributed by atoms with Crippen LogP contribution in [-0.2, 0) is 38.1 Å². The van der Waals surface area contributed by atoms with Crippen LogP contribution in [0.2, 0.25) is 0 Å². The van der Waals surface area contributed by atoms with E-state index in [1.54, 1.807) is 32.6 Å². The molecule has 0 N–H and O–H groups in total. The Morgan fingerprint density at radius 1 is 0.941 bits per heavy atom. The molecule has 0 radical (unpaired) electrons. The molecule has 4 unspecified atom stereocenters. The molecule has 0 aliphatic carbocycles. The lowest BCUT2D eigenvalue weighted by atomic mass is 9.86. The summed E-state index contributed by atoms with van der Waals surface area (Å²) >= 11 is 6.44. The predicted molar refractivity (Wildman–Crippen MR) is 128 cm³/mol. The van der Waals surface area contributed by atoms with E-state index in [0.29, 0.717) is 6.54 Å². The summed E-state index contributed by atoms with van der Waals surface area (Å²) in [4.78, 5) is 51.8. The summed E-state index contributed by atoms with van der Waals surface area (Å²) in [6.45, 7) is 8.07. The molecule has 11 heteroatoms. The maximum absolute atomic E-state index is 13.0. The smallest absolute Gasteiger partial charge is 0.322 e. The van der Waals surface area contributed by atoms with Gasteiger partial charge in [-0.05, 0) is 34.6 Å². The Labute approximate surface area is 216 Å². The number of hydrogen-bond acceptors (Lipinski definition) is 8. The fraction of sp³-hybridized carbons (Fsp3) is 0.739. The Kier molecular flexibility index (Phi) is 7.89. The highest BCUT2D eigenvalue weighted by atomic mass is 79.9. The fourth-order valence-electron chi connectivity index (χ4n) is 4.06. The zero-order chi connectivity index (χ0) is 25.5. The number of halogens is 2. The number of fused-ring (bicyclic) bond motifs is 5. The van der Waals surface area contributed by atoms with E-state index >= 15 is 0 Å². The van der Waals surface area contributed by atoms with Crippen molar-refractivity contribution in [1.29, 1.82) is 0 Å². The van der Waals surface area contributed by atoms with E-state index in [9.17, 15) is 19.2 Å². The molecular weight excluding hydrogens is 578 g/mol. The van der Waals surface area contributed by atoms with Gasteiger partial charge in [0.25, 0.3) is 0 Å². The van der Waals surface area contributed by atoms with Gasteiger partial charge in [-0.3, -0.25) is 19.2 Å². The molecule has 2 fully saturated rings. The number of alkyl halides is 2. The van der Waals surface area contributed by atoms with Crippen LogP contribution >= 0.6 is 31.9 Å². The SMILES string of the molecule is CC(C)(Br)C(=O)OCC(C)(COC(=O)C(C)(C)Br)C(=O)OCCN1CC2C3C=CC(O3)C2C1=O. The van der Waals surface area contributed by atoms with Gasteiger partial charge in [-0.1, -0.05) is 44.0 Å². The molecule has 0 aromatic heterocycles. The summed E-state index contributed by atoms with van der Waals surface area (Å²) in [7, 11) is 0. The third-order valence-corrected chi connectivity index (χ3v) is 6.82. The molecular formula is C23H31Br2NO8. The van der Waals surface area contributed by atoms with Gasteiger partial charge in [-0.25, -0.2) is 0 Å². The van der Waals surface area contributed by atoms with Crippen LogP contribution in [-0.4, -0.2) is 82.5 Å². The van der Waals surface area contributed by atoms with Crippen molar-refractivity contribution in [1.82, 2.24) is 4.90 Å². The van der Waals surface area contributed by atoms with Crippen LogP contribution < -0.4 is 0 Å². The standard InChI is InChI=1S/C23H31Br2NO8/c1-21(2,24)18(28)32-11-23(5,12-33-19(29)22(3,4)25)20(30)31-9-8-26-10-13-14-6-7-15(34-14)16(13)17(26)27/h6-7,13-16H,8-12H2,1-5H3. The lowest BCUT2D eigenvalue weighted by molar-refractivity contribution is -0.171. The monoisotopic (exact) mass is 607 g/mol. The fourth-order valence-corrected chi connectivity index (χ4v) is 4.29. The van der Waals surface area contributed by atoms with Crippen molar-refractivity contribution in [3.8, 4) is 0 Å². The zero-order valence-corrected chi connectivity index (χ0v) is 23.1. The Morgan fingerprint density at radius 2 is 1.47 bits per heavy atom. The second-order valence-corrected chi connectivity index (χ2v) is 14.2. The van der Waals surface area contributed by atoms with E-state index in [2.05, 4.69) is 31.9 Å². The van der Waals surface area contributed by atoms with E-state index in [0.717, 1.165) is 0 Å². The second kappa shape index (κ2) is 9.89. The number of nitrogens with zero attached hydrogens (tertiary/aromatic N) is 1. The molecule has 190 valence electrons. The second-order valence-electron chi connectivity index (χ2n) is 10.2. The van der Waals surface area contributed by atoms with Crippen molar-refractivity contribution in [2.24, 2.45) is 17.3 Å². The Morgan fingerprint density at radius 3 is 1.97 bits per heavy atom. The molecule has 3 aliphatic heterocycles. The van der Waals surface area contributed by atoms with E-state index in [1.807, 2.05) is 12.2 Å². The molecule has 0 saturated carbocycles. The summed E-state index contributed by atoms with van der Waals surface area (Å²) in [5.41, 5.74) is -1.43.